The van der Waals surface area contributed by atoms with Gasteiger partial charge in [0, 0.05) is 30.2 Å². The Bertz CT molecular complexity index is 596. The molecule has 124 valence electrons. The van der Waals surface area contributed by atoms with Gasteiger partial charge in [0.1, 0.15) is 5.75 Å². The molecule has 0 N–H and O–H groups in total. The van der Waals surface area contributed by atoms with Gasteiger partial charge in [-0.25, -0.2) is 4.98 Å². The van der Waals surface area contributed by atoms with Crippen molar-refractivity contribution in [1.82, 2.24) is 9.88 Å². The van der Waals surface area contributed by atoms with Gasteiger partial charge in [0.15, 0.2) is 0 Å². The molecule has 0 bridgehead atoms. The first-order chi connectivity index (χ1) is 11.0. The van der Waals surface area contributed by atoms with Crippen LogP contribution >= 0.6 is 11.3 Å². The minimum atomic E-state index is 0.0770. The number of amides is 1. The van der Waals surface area contributed by atoms with Crippen LogP contribution in [0.3, 0.4) is 0 Å². The highest BCUT2D eigenvalue weighted by Crippen LogP contribution is 2.23. The van der Waals surface area contributed by atoms with Gasteiger partial charge in [0.05, 0.1) is 0 Å². The fourth-order valence-corrected chi connectivity index (χ4v) is 2.84. The van der Waals surface area contributed by atoms with Gasteiger partial charge in [-0.15, -0.1) is 0 Å². The van der Waals surface area contributed by atoms with E-state index < -0.39 is 0 Å². The number of aromatic nitrogens is 1. The third-order valence-electron chi connectivity index (χ3n) is 3.17. The number of hydrogen-bond acceptors (Lipinski definition) is 4. The van der Waals surface area contributed by atoms with Gasteiger partial charge >= 0.3 is 0 Å². The Hall–Kier alpha value is -1.88. The molecule has 5 heteroatoms. The molecule has 2 rings (SSSR count). The SMILES string of the molecule is CC(C)CN(CC(C)C)C(=O)c1ccc(Oc2nccs2)cc1. The van der Waals surface area contributed by atoms with Crippen molar-refractivity contribution < 1.29 is 9.53 Å². The van der Waals surface area contributed by atoms with Crippen LogP contribution in [0.4, 0.5) is 0 Å². The van der Waals surface area contributed by atoms with Crippen molar-refractivity contribution in [2.75, 3.05) is 13.1 Å². The standard InChI is InChI=1S/C18H24N2O2S/c1-13(2)11-20(12-14(3)4)17(21)15-5-7-16(8-6-15)22-18-19-9-10-23-18/h5-10,13-14H,11-12H2,1-4H3. The molecule has 0 saturated heterocycles. The van der Waals surface area contributed by atoms with Gasteiger partial charge in [0.2, 0.25) is 0 Å². The van der Waals surface area contributed by atoms with E-state index in [2.05, 4.69) is 32.7 Å². The normalized spacial score (nSPS) is 11.0. The molecule has 0 aliphatic carbocycles. The van der Waals surface area contributed by atoms with Crippen molar-refractivity contribution >= 4 is 17.2 Å². The molecule has 0 aliphatic heterocycles. The molecule has 1 amide bonds. The van der Waals surface area contributed by atoms with Crippen molar-refractivity contribution in [2.45, 2.75) is 27.7 Å². The number of ether oxygens (including phenoxy) is 1. The maximum Gasteiger partial charge on any atom is 0.278 e. The second-order valence-electron chi connectivity index (χ2n) is 6.42. The second kappa shape index (κ2) is 8.11. The van der Waals surface area contributed by atoms with Crippen LogP contribution in [0.15, 0.2) is 35.8 Å². The zero-order valence-electron chi connectivity index (χ0n) is 14.2. The lowest BCUT2D eigenvalue weighted by Crippen LogP contribution is -2.37. The van der Waals surface area contributed by atoms with E-state index in [0.717, 1.165) is 13.1 Å². The molecule has 0 unspecified atom stereocenters. The van der Waals surface area contributed by atoms with Gasteiger partial charge in [-0.1, -0.05) is 39.0 Å². The molecule has 1 aromatic heterocycles. The van der Waals surface area contributed by atoms with Crippen molar-refractivity contribution in [3.8, 4) is 10.9 Å². The van der Waals surface area contributed by atoms with Gasteiger partial charge in [0.25, 0.3) is 11.1 Å². The summed E-state index contributed by atoms with van der Waals surface area (Å²) in [5.41, 5.74) is 0.692. The fraction of sp³-hybridized carbons (Fsp3) is 0.444. The first kappa shape index (κ1) is 17.5. The predicted octanol–water partition coefficient (Wildman–Crippen LogP) is 4.69. The molecule has 0 spiro atoms. The van der Waals surface area contributed by atoms with E-state index >= 15 is 0 Å². The molecule has 0 saturated carbocycles. The molecule has 1 aromatic carbocycles. The Morgan fingerprint density at radius 2 is 1.74 bits per heavy atom. The molecule has 23 heavy (non-hydrogen) atoms. The summed E-state index contributed by atoms with van der Waals surface area (Å²) in [4.78, 5) is 18.7. The summed E-state index contributed by atoms with van der Waals surface area (Å²) in [6.45, 7) is 10.1. The Morgan fingerprint density at radius 1 is 1.13 bits per heavy atom. The predicted molar refractivity (Wildman–Crippen MR) is 94.2 cm³/mol. The zero-order valence-corrected chi connectivity index (χ0v) is 15.0. The Morgan fingerprint density at radius 3 is 2.22 bits per heavy atom. The van der Waals surface area contributed by atoms with E-state index in [-0.39, 0.29) is 5.91 Å². The Kier molecular flexibility index (Phi) is 6.16. The van der Waals surface area contributed by atoms with Crippen LogP contribution < -0.4 is 4.74 Å². The van der Waals surface area contributed by atoms with Crippen LogP contribution in [0, 0.1) is 11.8 Å². The second-order valence-corrected chi connectivity index (χ2v) is 7.28. The summed E-state index contributed by atoms with van der Waals surface area (Å²) in [5.74, 6) is 1.67. The van der Waals surface area contributed by atoms with Crippen LogP contribution in [-0.4, -0.2) is 28.9 Å². The summed E-state index contributed by atoms with van der Waals surface area (Å²) in [5, 5.41) is 2.47. The summed E-state index contributed by atoms with van der Waals surface area (Å²) >= 11 is 1.44. The molecular weight excluding hydrogens is 308 g/mol. The average molecular weight is 332 g/mol. The van der Waals surface area contributed by atoms with Crippen LogP contribution in [0.1, 0.15) is 38.1 Å². The highest BCUT2D eigenvalue weighted by atomic mass is 32.1. The molecule has 0 fully saturated rings. The lowest BCUT2D eigenvalue weighted by atomic mass is 10.1. The van der Waals surface area contributed by atoms with E-state index in [1.165, 1.54) is 11.3 Å². The largest absolute Gasteiger partial charge is 0.431 e. The number of rotatable bonds is 7. The number of benzene rings is 1. The lowest BCUT2D eigenvalue weighted by molar-refractivity contribution is 0.0715. The highest BCUT2D eigenvalue weighted by Gasteiger charge is 2.18. The molecule has 4 nitrogen and oxygen atoms in total. The number of carbonyl (C=O) groups excluding carboxylic acids is 1. The minimum Gasteiger partial charge on any atom is -0.431 e. The number of nitrogens with zero attached hydrogens (tertiary/aromatic N) is 2. The van der Waals surface area contributed by atoms with Crippen LogP contribution in [-0.2, 0) is 0 Å². The molecule has 0 atom stereocenters. The van der Waals surface area contributed by atoms with Crippen LogP contribution in [0.25, 0.3) is 0 Å². The van der Waals surface area contributed by atoms with Crippen LogP contribution in [0.2, 0.25) is 0 Å². The van der Waals surface area contributed by atoms with E-state index in [1.807, 2.05) is 34.5 Å². The van der Waals surface area contributed by atoms with E-state index in [4.69, 9.17) is 4.74 Å². The first-order valence-electron chi connectivity index (χ1n) is 7.92. The Balaban J connectivity index is 2.07. The van der Waals surface area contributed by atoms with Crippen molar-refractivity contribution in [3.63, 3.8) is 0 Å². The zero-order chi connectivity index (χ0) is 16.8. The minimum absolute atomic E-state index is 0.0770. The van der Waals surface area contributed by atoms with Gasteiger partial charge in [-0.3, -0.25) is 4.79 Å². The number of hydrogen-bond donors (Lipinski definition) is 0. The van der Waals surface area contributed by atoms with Gasteiger partial charge in [-0.05, 0) is 36.1 Å². The lowest BCUT2D eigenvalue weighted by Gasteiger charge is -2.26. The third-order valence-corrected chi connectivity index (χ3v) is 3.82. The molecule has 0 radical (unpaired) electrons. The van der Waals surface area contributed by atoms with Gasteiger partial charge < -0.3 is 9.64 Å². The summed E-state index contributed by atoms with van der Waals surface area (Å²) in [7, 11) is 0. The maximum atomic E-state index is 12.7. The molecular formula is C18H24N2O2S. The summed E-state index contributed by atoms with van der Waals surface area (Å²) < 4.78 is 5.63. The smallest absolute Gasteiger partial charge is 0.278 e. The van der Waals surface area contributed by atoms with E-state index in [1.54, 1.807) is 6.20 Å². The first-order valence-corrected chi connectivity index (χ1v) is 8.80. The van der Waals surface area contributed by atoms with Crippen molar-refractivity contribution in [3.05, 3.63) is 41.4 Å². The average Bonchev–Trinajstić information content (AvgIpc) is 2.98. The number of thiazole rings is 1. The number of carbonyl (C=O) groups is 1. The molecule has 2 aromatic rings. The molecule has 1 heterocycles. The van der Waals surface area contributed by atoms with Crippen LogP contribution in [0.5, 0.6) is 10.9 Å². The molecule has 0 aliphatic rings. The summed E-state index contributed by atoms with van der Waals surface area (Å²) in [6.07, 6.45) is 1.70. The van der Waals surface area contributed by atoms with Crippen molar-refractivity contribution in [2.24, 2.45) is 11.8 Å². The van der Waals surface area contributed by atoms with Gasteiger partial charge in [-0.2, -0.15) is 0 Å². The topological polar surface area (TPSA) is 42.4 Å². The van der Waals surface area contributed by atoms with E-state index in [0.29, 0.717) is 28.3 Å². The van der Waals surface area contributed by atoms with E-state index in [9.17, 15) is 4.79 Å². The quantitative estimate of drug-likeness (QED) is 0.738. The Labute approximate surface area is 142 Å². The highest BCUT2D eigenvalue weighted by molar-refractivity contribution is 7.11. The van der Waals surface area contributed by atoms with Crippen molar-refractivity contribution in [1.29, 1.82) is 0 Å². The summed E-state index contributed by atoms with van der Waals surface area (Å²) in [6, 6.07) is 7.27. The fourth-order valence-electron chi connectivity index (χ4n) is 2.33. The monoisotopic (exact) mass is 332 g/mol. The maximum absolute atomic E-state index is 12.7. The third kappa shape index (κ3) is 5.36.